The Kier molecular flexibility index (Phi) is 3.11. The molecular formula is C14H17NO3. The van der Waals surface area contributed by atoms with Gasteiger partial charge in [-0.05, 0) is 44.2 Å². The van der Waals surface area contributed by atoms with E-state index in [0.717, 1.165) is 17.5 Å². The number of carboxylic acids is 1. The van der Waals surface area contributed by atoms with Crippen molar-refractivity contribution in [2.24, 2.45) is 0 Å². The van der Waals surface area contributed by atoms with Gasteiger partial charge in [0.25, 0.3) is 5.91 Å². The molecule has 1 aliphatic rings. The third-order valence-corrected chi connectivity index (χ3v) is 3.68. The third kappa shape index (κ3) is 1.98. The number of aryl methyl sites for hydroxylation is 2. The number of benzene rings is 1. The Morgan fingerprint density at radius 3 is 2.17 bits per heavy atom. The van der Waals surface area contributed by atoms with Crippen LogP contribution in [0.1, 0.15) is 40.7 Å². The molecule has 2 N–H and O–H groups in total. The van der Waals surface area contributed by atoms with Gasteiger partial charge < -0.3 is 10.4 Å². The van der Waals surface area contributed by atoms with E-state index in [2.05, 4.69) is 5.32 Å². The second kappa shape index (κ2) is 4.44. The van der Waals surface area contributed by atoms with E-state index in [4.69, 9.17) is 0 Å². The first-order chi connectivity index (χ1) is 8.46. The highest BCUT2D eigenvalue weighted by atomic mass is 16.4. The number of hydrogen-bond donors (Lipinski definition) is 2. The van der Waals surface area contributed by atoms with Crippen LogP contribution >= 0.6 is 0 Å². The first kappa shape index (κ1) is 12.6. The fraction of sp³-hybridized carbons (Fsp3) is 0.429. The number of amides is 1. The van der Waals surface area contributed by atoms with E-state index < -0.39 is 11.5 Å². The fourth-order valence-corrected chi connectivity index (χ4v) is 2.38. The molecule has 0 radical (unpaired) electrons. The van der Waals surface area contributed by atoms with Crippen molar-refractivity contribution < 1.29 is 14.7 Å². The van der Waals surface area contributed by atoms with E-state index in [9.17, 15) is 14.7 Å². The lowest BCUT2D eigenvalue weighted by molar-refractivity contribution is -0.148. The summed E-state index contributed by atoms with van der Waals surface area (Å²) in [5, 5.41) is 11.9. The molecule has 0 unspecified atom stereocenters. The Morgan fingerprint density at radius 2 is 1.78 bits per heavy atom. The molecule has 1 saturated carbocycles. The minimum Gasteiger partial charge on any atom is -0.480 e. The number of carbonyl (C=O) groups is 2. The molecule has 0 aromatic heterocycles. The molecule has 0 atom stereocenters. The Bertz CT molecular complexity index is 484. The molecule has 1 amide bonds. The summed E-state index contributed by atoms with van der Waals surface area (Å²) in [5.41, 5.74) is 1.27. The van der Waals surface area contributed by atoms with Gasteiger partial charge in [0.05, 0.1) is 0 Å². The molecule has 1 aliphatic carbocycles. The van der Waals surface area contributed by atoms with Crippen molar-refractivity contribution in [1.29, 1.82) is 0 Å². The van der Waals surface area contributed by atoms with Crippen LogP contribution in [0, 0.1) is 13.8 Å². The second-order valence-corrected chi connectivity index (χ2v) is 4.96. The Morgan fingerprint density at radius 1 is 1.22 bits per heavy atom. The Hall–Kier alpha value is -1.84. The zero-order valence-corrected chi connectivity index (χ0v) is 10.6. The molecule has 4 heteroatoms. The molecule has 2 rings (SSSR count). The number of rotatable bonds is 3. The van der Waals surface area contributed by atoms with Crippen LogP contribution in [0.15, 0.2) is 18.2 Å². The third-order valence-electron chi connectivity index (χ3n) is 3.68. The van der Waals surface area contributed by atoms with Crippen LogP contribution < -0.4 is 5.32 Å². The number of nitrogens with one attached hydrogen (secondary N) is 1. The smallest absolute Gasteiger partial charge is 0.329 e. The maximum atomic E-state index is 12.2. The van der Waals surface area contributed by atoms with Gasteiger partial charge in [-0.3, -0.25) is 4.79 Å². The molecule has 0 spiro atoms. The molecule has 18 heavy (non-hydrogen) atoms. The minimum atomic E-state index is -1.05. The molecule has 96 valence electrons. The molecular weight excluding hydrogens is 230 g/mol. The summed E-state index contributed by atoms with van der Waals surface area (Å²) in [7, 11) is 0. The zero-order valence-electron chi connectivity index (χ0n) is 10.6. The van der Waals surface area contributed by atoms with Crippen LogP contribution in [-0.2, 0) is 4.79 Å². The number of carbonyl (C=O) groups excluding carboxylic acids is 1. The molecule has 0 bridgehead atoms. The lowest BCUT2D eigenvalue weighted by atomic mass is 9.76. The molecule has 0 saturated heterocycles. The topological polar surface area (TPSA) is 66.4 Å². The predicted octanol–water partition coefficient (Wildman–Crippen LogP) is 2.04. The Balaban J connectivity index is 2.25. The largest absolute Gasteiger partial charge is 0.480 e. The van der Waals surface area contributed by atoms with Gasteiger partial charge in [-0.25, -0.2) is 4.79 Å². The Labute approximate surface area is 106 Å². The molecule has 1 aromatic carbocycles. The van der Waals surface area contributed by atoms with E-state index in [-0.39, 0.29) is 5.91 Å². The summed E-state index contributed by atoms with van der Waals surface area (Å²) in [5.74, 6) is -1.22. The lowest BCUT2D eigenvalue weighted by Crippen LogP contribution is -2.59. The standard InChI is InChI=1S/C14H17NO3/c1-9-5-3-6-10(2)11(9)12(16)15-14(13(17)18)7-4-8-14/h3,5-6H,4,7-8H2,1-2H3,(H,15,16)(H,17,18). The summed E-state index contributed by atoms with van der Waals surface area (Å²) >= 11 is 0. The quantitative estimate of drug-likeness (QED) is 0.859. The highest BCUT2D eigenvalue weighted by molar-refractivity contribution is 6.00. The van der Waals surface area contributed by atoms with Crippen molar-refractivity contribution in [3.05, 3.63) is 34.9 Å². The average Bonchev–Trinajstić information content (AvgIpc) is 2.22. The van der Waals surface area contributed by atoms with Crippen LogP contribution in [0.5, 0.6) is 0 Å². The monoisotopic (exact) mass is 247 g/mol. The summed E-state index contributed by atoms with van der Waals surface area (Å²) in [6, 6.07) is 5.60. The van der Waals surface area contributed by atoms with Crippen LogP contribution in [-0.4, -0.2) is 22.5 Å². The van der Waals surface area contributed by atoms with Gasteiger partial charge in [-0.1, -0.05) is 18.2 Å². The normalized spacial score (nSPS) is 16.8. The van der Waals surface area contributed by atoms with Crippen molar-refractivity contribution in [2.45, 2.75) is 38.6 Å². The van der Waals surface area contributed by atoms with Crippen molar-refractivity contribution in [1.82, 2.24) is 5.32 Å². The maximum absolute atomic E-state index is 12.2. The van der Waals surface area contributed by atoms with E-state index in [1.165, 1.54) is 0 Å². The number of aliphatic carboxylic acids is 1. The van der Waals surface area contributed by atoms with Crippen molar-refractivity contribution >= 4 is 11.9 Å². The summed E-state index contributed by atoms with van der Waals surface area (Å²) in [4.78, 5) is 23.5. The SMILES string of the molecule is Cc1cccc(C)c1C(=O)NC1(C(=O)O)CCC1. The van der Waals surface area contributed by atoms with Crippen LogP contribution in [0.25, 0.3) is 0 Å². The minimum absolute atomic E-state index is 0.285. The maximum Gasteiger partial charge on any atom is 0.329 e. The predicted molar refractivity (Wildman–Crippen MR) is 67.6 cm³/mol. The van der Waals surface area contributed by atoms with Gasteiger partial charge in [0.2, 0.25) is 0 Å². The van der Waals surface area contributed by atoms with Crippen LogP contribution in [0.4, 0.5) is 0 Å². The van der Waals surface area contributed by atoms with E-state index in [0.29, 0.717) is 18.4 Å². The van der Waals surface area contributed by atoms with E-state index >= 15 is 0 Å². The fourth-order valence-electron chi connectivity index (χ4n) is 2.38. The van der Waals surface area contributed by atoms with Gasteiger partial charge in [-0.15, -0.1) is 0 Å². The highest BCUT2D eigenvalue weighted by Crippen LogP contribution is 2.32. The first-order valence-corrected chi connectivity index (χ1v) is 6.08. The molecule has 1 fully saturated rings. The van der Waals surface area contributed by atoms with Gasteiger partial charge in [0.15, 0.2) is 0 Å². The highest BCUT2D eigenvalue weighted by Gasteiger charge is 2.45. The molecule has 0 heterocycles. The lowest BCUT2D eigenvalue weighted by Gasteiger charge is -2.38. The van der Waals surface area contributed by atoms with Crippen molar-refractivity contribution in [3.8, 4) is 0 Å². The molecule has 1 aromatic rings. The van der Waals surface area contributed by atoms with Gasteiger partial charge in [-0.2, -0.15) is 0 Å². The van der Waals surface area contributed by atoms with Crippen LogP contribution in [0.2, 0.25) is 0 Å². The second-order valence-electron chi connectivity index (χ2n) is 4.96. The van der Waals surface area contributed by atoms with E-state index in [1.54, 1.807) is 0 Å². The van der Waals surface area contributed by atoms with Crippen LogP contribution in [0.3, 0.4) is 0 Å². The summed E-state index contributed by atoms with van der Waals surface area (Å²) in [6.07, 6.45) is 1.87. The zero-order chi connectivity index (χ0) is 13.3. The summed E-state index contributed by atoms with van der Waals surface area (Å²) < 4.78 is 0. The summed E-state index contributed by atoms with van der Waals surface area (Å²) in [6.45, 7) is 3.71. The molecule has 0 aliphatic heterocycles. The van der Waals surface area contributed by atoms with Gasteiger partial charge in [0.1, 0.15) is 5.54 Å². The van der Waals surface area contributed by atoms with Crippen molar-refractivity contribution in [3.63, 3.8) is 0 Å². The first-order valence-electron chi connectivity index (χ1n) is 6.08. The molecule has 4 nitrogen and oxygen atoms in total. The van der Waals surface area contributed by atoms with Gasteiger partial charge >= 0.3 is 5.97 Å². The van der Waals surface area contributed by atoms with Crippen molar-refractivity contribution in [2.75, 3.05) is 0 Å². The number of carboxylic acid groups (broad SMARTS) is 1. The van der Waals surface area contributed by atoms with E-state index in [1.807, 2.05) is 32.0 Å². The average molecular weight is 247 g/mol. The number of hydrogen-bond acceptors (Lipinski definition) is 2. The van der Waals surface area contributed by atoms with Gasteiger partial charge in [0, 0.05) is 5.56 Å².